The van der Waals surface area contributed by atoms with Crippen molar-refractivity contribution in [1.29, 1.82) is 0 Å². The minimum absolute atomic E-state index is 0.0181. The molecule has 4 heteroatoms. The van der Waals surface area contributed by atoms with Crippen LogP contribution in [0.3, 0.4) is 0 Å². The van der Waals surface area contributed by atoms with Crippen molar-refractivity contribution in [3.05, 3.63) is 41.6 Å². The average molecular weight is 179 g/mol. The molecule has 0 amide bonds. The molecule has 0 aliphatic rings. The Morgan fingerprint density at radius 1 is 1.69 bits per heavy atom. The minimum atomic E-state index is -0.0181. The molecule has 13 heavy (non-hydrogen) atoms. The Bertz CT molecular complexity index is 319. The van der Waals surface area contributed by atoms with Gasteiger partial charge in [-0.2, -0.15) is 0 Å². The Morgan fingerprint density at radius 3 is 3.23 bits per heavy atom. The van der Waals surface area contributed by atoms with Crippen LogP contribution in [-0.4, -0.2) is 22.6 Å². The summed E-state index contributed by atoms with van der Waals surface area (Å²) in [4.78, 5) is 15.0. The summed E-state index contributed by atoms with van der Waals surface area (Å²) in [5.74, 6) is 0. The molecule has 0 atom stereocenters. The number of hydrogen-bond donors (Lipinski definition) is 1. The molecule has 0 spiro atoms. The standard InChI is InChI=1S/C9H13N3O/c1-2-4-10-6-7-12-8-11-5-3-9(12)13/h2-3,5,8,10H,1,4,6-7H2. The largest absolute Gasteiger partial charge is 0.312 e. The van der Waals surface area contributed by atoms with E-state index in [1.165, 1.54) is 18.6 Å². The third-order valence-electron chi connectivity index (χ3n) is 1.61. The highest BCUT2D eigenvalue weighted by molar-refractivity contribution is 4.82. The van der Waals surface area contributed by atoms with E-state index in [4.69, 9.17) is 0 Å². The van der Waals surface area contributed by atoms with Gasteiger partial charge >= 0.3 is 0 Å². The van der Waals surface area contributed by atoms with Crippen LogP contribution in [-0.2, 0) is 6.54 Å². The van der Waals surface area contributed by atoms with E-state index in [0.29, 0.717) is 6.54 Å². The summed E-state index contributed by atoms with van der Waals surface area (Å²) in [6, 6.07) is 1.45. The summed E-state index contributed by atoms with van der Waals surface area (Å²) in [7, 11) is 0. The molecule has 1 rings (SSSR count). The lowest BCUT2D eigenvalue weighted by Gasteiger charge is -2.03. The molecule has 1 aromatic rings. The van der Waals surface area contributed by atoms with Gasteiger partial charge in [-0.25, -0.2) is 4.98 Å². The Labute approximate surface area is 76.9 Å². The van der Waals surface area contributed by atoms with E-state index >= 15 is 0 Å². The second-order valence-corrected chi connectivity index (χ2v) is 2.60. The van der Waals surface area contributed by atoms with Crippen molar-refractivity contribution in [2.45, 2.75) is 6.54 Å². The number of rotatable bonds is 5. The summed E-state index contributed by atoms with van der Waals surface area (Å²) in [5, 5.41) is 3.11. The highest BCUT2D eigenvalue weighted by Crippen LogP contribution is 1.76. The second kappa shape index (κ2) is 5.27. The Hall–Kier alpha value is -1.42. The highest BCUT2D eigenvalue weighted by atomic mass is 16.1. The molecule has 1 aromatic heterocycles. The molecule has 0 unspecified atom stereocenters. The van der Waals surface area contributed by atoms with Crippen molar-refractivity contribution in [2.24, 2.45) is 0 Å². The van der Waals surface area contributed by atoms with E-state index in [9.17, 15) is 4.79 Å². The van der Waals surface area contributed by atoms with Crippen LogP contribution < -0.4 is 10.9 Å². The number of hydrogen-bond acceptors (Lipinski definition) is 3. The van der Waals surface area contributed by atoms with Crippen molar-refractivity contribution in [3.63, 3.8) is 0 Å². The van der Waals surface area contributed by atoms with Gasteiger partial charge in [0, 0.05) is 31.9 Å². The molecular weight excluding hydrogens is 166 g/mol. The highest BCUT2D eigenvalue weighted by Gasteiger charge is 1.92. The van der Waals surface area contributed by atoms with Crippen molar-refractivity contribution < 1.29 is 0 Å². The smallest absolute Gasteiger partial charge is 0.253 e. The monoisotopic (exact) mass is 179 g/mol. The number of aromatic nitrogens is 2. The van der Waals surface area contributed by atoms with E-state index < -0.39 is 0 Å². The fourth-order valence-corrected chi connectivity index (χ4v) is 0.950. The zero-order valence-corrected chi connectivity index (χ0v) is 7.44. The van der Waals surface area contributed by atoms with Gasteiger partial charge in [0.25, 0.3) is 5.56 Å². The Morgan fingerprint density at radius 2 is 2.54 bits per heavy atom. The maximum absolute atomic E-state index is 11.2. The summed E-state index contributed by atoms with van der Waals surface area (Å²) < 4.78 is 1.57. The molecule has 4 nitrogen and oxygen atoms in total. The third-order valence-corrected chi connectivity index (χ3v) is 1.61. The van der Waals surface area contributed by atoms with E-state index in [1.807, 2.05) is 0 Å². The minimum Gasteiger partial charge on any atom is -0.312 e. The van der Waals surface area contributed by atoms with E-state index in [2.05, 4.69) is 16.9 Å². The number of nitrogens with zero attached hydrogens (tertiary/aromatic N) is 2. The summed E-state index contributed by atoms with van der Waals surface area (Å²) in [6.45, 7) is 5.73. The molecule has 0 aliphatic carbocycles. The SMILES string of the molecule is C=CCNCCn1cnccc1=O. The van der Waals surface area contributed by atoms with Gasteiger partial charge < -0.3 is 5.32 Å². The normalized spacial score (nSPS) is 9.85. The molecule has 0 fully saturated rings. The fourth-order valence-electron chi connectivity index (χ4n) is 0.950. The molecule has 0 saturated carbocycles. The lowest BCUT2D eigenvalue weighted by Crippen LogP contribution is -2.26. The zero-order valence-electron chi connectivity index (χ0n) is 7.44. The van der Waals surface area contributed by atoms with Crippen LogP contribution in [0.4, 0.5) is 0 Å². The second-order valence-electron chi connectivity index (χ2n) is 2.60. The van der Waals surface area contributed by atoms with Gasteiger partial charge in [-0.15, -0.1) is 6.58 Å². The summed E-state index contributed by atoms with van der Waals surface area (Å²) in [6.07, 6.45) is 4.82. The average Bonchev–Trinajstić information content (AvgIpc) is 2.15. The van der Waals surface area contributed by atoms with Gasteiger partial charge in [0.05, 0.1) is 6.33 Å². The van der Waals surface area contributed by atoms with Crippen LogP contribution in [0.25, 0.3) is 0 Å². The van der Waals surface area contributed by atoms with Gasteiger partial charge in [-0.3, -0.25) is 9.36 Å². The molecule has 0 radical (unpaired) electrons. The molecule has 0 aromatic carbocycles. The van der Waals surface area contributed by atoms with Gasteiger partial charge in [0.15, 0.2) is 0 Å². The van der Waals surface area contributed by atoms with Crippen molar-refractivity contribution in [1.82, 2.24) is 14.9 Å². The van der Waals surface area contributed by atoms with Gasteiger partial charge in [0.2, 0.25) is 0 Å². The van der Waals surface area contributed by atoms with Crippen LogP contribution >= 0.6 is 0 Å². The molecule has 1 heterocycles. The topological polar surface area (TPSA) is 46.9 Å². The predicted octanol–water partition coefficient (Wildman–Crippen LogP) is 0.0189. The fraction of sp³-hybridized carbons (Fsp3) is 0.333. The van der Waals surface area contributed by atoms with Crippen LogP contribution in [0.5, 0.6) is 0 Å². The Kier molecular flexibility index (Phi) is 3.92. The first kappa shape index (κ1) is 9.67. The van der Waals surface area contributed by atoms with Crippen molar-refractivity contribution >= 4 is 0 Å². The summed E-state index contributed by atoms with van der Waals surface area (Å²) in [5.41, 5.74) is -0.0181. The lowest BCUT2D eigenvalue weighted by molar-refractivity contribution is 0.601. The first-order valence-corrected chi connectivity index (χ1v) is 4.16. The molecule has 0 bridgehead atoms. The first-order valence-electron chi connectivity index (χ1n) is 4.16. The Balaban J connectivity index is 2.41. The molecular formula is C9H13N3O. The van der Waals surface area contributed by atoms with Gasteiger partial charge in [-0.05, 0) is 0 Å². The molecule has 70 valence electrons. The van der Waals surface area contributed by atoms with E-state index in [1.54, 1.807) is 10.6 Å². The quantitative estimate of drug-likeness (QED) is 0.512. The molecule has 0 aliphatic heterocycles. The maximum Gasteiger partial charge on any atom is 0.253 e. The zero-order chi connectivity index (χ0) is 9.52. The molecule has 0 saturated heterocycles. The van der Waals surface area contributed by atoms with Crippen molar-refractivity contribution in [2.75, 3.05) is 13.1 Å². The third kappa shape index (κ3) is 3.21. The summed E-state index contributed by atoms with van der Waals surface area (Å²) >= 11 is 0. The molecule has 1 N–H and O–H groups in total. The van der Waals surface area contributed by atoms with E-state index in [-0.39, 0.29) is 5.56 Å². The van der Waals surface area contributed by atoms with E-state index in [0.717, 1.165) is 13.1 Å². The van der Waals surface area contributed by atoms with Crippen LogP contribution in [0, 0.1) is 0 Å². The van der Waals surface area contributed by atoms with Crippen molar-refractivity contribution in [3.8, 4) is 0 Å². The van der Waals surface area contributed by atoms with Gasteiger partial charge in [-0.1, -0.05) is 6.08 Å². The van der Waals surface area contributed by atoms with Crippen LogP contribution in [0.1, 0.15) is 0 Å². The number of nitrogens with one attached hydrogen (secondary N) is 1. The first-order chi connectivity index (χ1) is 6.34. The van der Waals surface area contributed by atoms with Gasteiger partial charge in [0.1, 0.15) is 0 Å². The van der Waals surface area contributed by atoms with Crippen LogP contribution in [0.2, 0.25) is 0 Å². The maximum atomic E-state index is 11.2. The lowest BCUT2D eigenvalue weighted by atomic mass is 10.5. The predicted molar refractivity (Wildman–Crippen MR) is 51.6 cm³/mol. The van der Waals surface area contributed by atoms with Crippen LogP contribution in [0.15, 0.2) is 36.0 Å².